The molecule has 132 valence electrons. The van der Waals surface area contributed by atoms with Crippen LogP contribution in [0.3, 0.4) is 0 Å². The highest BCUT2D eigenvalue weighted by Gasteiger charge is 2.31. The molecule has 1 saturated carbocycles. The molecule has 1 aromatic carbocycles. The fourth-order valence-corrected chi connectivity index (χ4v) is 2.90. The Morgan fingerprint density at radius 3 is 2.25 bits per heavy atom. The van der Waals surface area contributed by atoms with E-state index in [0.717, 1.165) is 5.56 Å². The summed E-state index contributed by atoms with van der Waals surface area (Å²) in [6.45, 7) is 5.90. The number of amides is 1. The van der Waals surface area contributed by atoms with Crippen molar-refractivity contribution in [3.05, 3.63) is 47.5 Å². The third-order valence-electron chi connectivity index (χ3n) is 4.09. The van der Waals surface area contributed by atoms with Crippen LogP contribution in [0.5, 0.6) is 0 Å². The molecule has 0 spiro atoms. The van der Waals surface area contributed by atoms with Gasteiger partial charge in [-0.05, 0) is 57.6 Å². The molecule has 0 saturated heterocycles. The molecule has 3 nitrogen and oxygen atoms in total. The van der Waals surface area contributed by atoms with Crippen molar-refractivity contribution >= 4 is 6.09 Å². The number of hydrogen-bond acceptors (Lipinski definition) is 2. The Hall–Kier alpha value is -1.91. The molecular weight excluding hydrogens is 312 g/mol. The van der Waals surface area contributed by atoms with Crippen molar-refractivity contribution in [1.29, 1.82) is 0 Å². The molecular formula is C19H25F2NO2. The molecule has 0 bridgehead atoms. The summed E-state index contributed by atoms with van der Waals surface area (Å²) in [6.07, 6.45) is -0.204. The first kappa shape index (κ1) is 18.4. The van der Waals surface area contributed by atoms with Gasteiger partial charge in [0.05, 0.1) is 0 Å². The predicted molar refractivity (Wildman–Crippen MR) is 89.7 cm³/mol. The van der Waals surface area contributed by atoms with Crippen molar-refractivity contribution in [1.82, 2.24) is 4.90 Å². The van der Waals surface area contributed by atoms with Crippen molar-refractivity contribution in [2.75, 3.05) is 0 Å². The first-order valence-electron chi connectivity index (χ1n) is 8.33. The number of allylic oxidation sites excluding steroid dienone is 1. The molecule has 0 N–H and O–H groups in total. The van der Waals surface area contributed by atoms with E-state index in [4.69, 9.17) is 4.74 Å². The molecule has 0 unspecified atom stereocenters. The monoisotopic (exact) mass is 337 g/mol. The topological polar surface area (TPSA) is 29.5 Å². The molecule has 24 heavy (non-hydrogen) atoms. The summed E-state index contributed by atoms with van der Waals surface area (Å²) in [7, 11) is 0. The van der Waals surface area contributed by atoms with E-state index < -0.39 is 11.7 Å². The SMILES string of the molecule is CC(C)(C)OC(=O)N(Cc1ccccc1)C1CCC(=C(F)F)CC1. The van der Waals surface area contributed by atoms with Crippen molar-refractivity contribution in [2.45, 2.75) is 64.6 Å². The fourth-order valence-electron chi connectivity index (χ4n) is 2.90. The first-order chi connectivity index (χ1) is 11.3. The fraction of sp³-hybridized carbons (Fsp3) is 0.526. The minimum Gasteiger partial charge on any atom is -0.444 e. The van der Waals surface area contributed by atoms with Gasteiger partial charge in [-0.1, -0.05) is 30.3 Å². The smallest absolute Gasteiger partial charge is 0.410 e. The summed E-state index contributed by atoms with van der Waals surface area (Å²) in [4.78, 5) is 14.3. The maximum atomic E-state index is 12.8. The molecule has 0 aromatic heterocycles. The van der Waals surface area contributed by atoms with E-state index in [-0.39, 0.29) is 17.7 Å². The van der Waals surface area contributed by atoms with Gasteiger partial charge in [0.15, 0.2) is 0 Å². The molecule has 1 aromatic rings. The standard InChI is InChI=1S/C19H25F2NO2/c1-19(2,3)24-18(23)22(13-14-7-5-4-6-8-14)16-11-9-15(10-12-16)17(20)21/h4-8,16H,9-13H2,1-3H3. The van der Waals surface area contributed by atoms with Crippen LogP contribution in [0.1, 0.15) is 52.0 Å². The number of nitrogens with zero attached hydrogens (tertiary/aromatic N) is 1. The summed E-state index contributed by atoms with van der Waals surface area (Å²) < 4.78 is 31.0. The lowest BCUT2D eigenvalue weighted by Crippen LogP contribution is -2.44. The number of carbonyl (C=O) groups is 1. The quantitative estimate of drug-likeness (QED) is 0.727. The van der Waals surface area contributed by atoms with E-state index >= 15 is 0 Å². The zero-order valence-electron chi connectivity index (χ0n) is 14.5. The van der Waals surface area contributed by atoms with Crippen LogP contribution in [0, 0.1) is 0 Å². The number of benzene rings is 1. The molecule has 2 rings (SSSR count). The molecule has 0 aliphatic heterocycles. The second-order valence-electron chi connectivity index (χ2n) is 7.19. The number of hydrogen-bond donors (Lipinski definition) is 0. The first-order valence-corrected chi connectivity index (χ1v) is 8.33. The summed E-state index contributed by atoms with van der Waals surface area (Å²) in [6, 6.07) is 9.58. The van der Waals surface area contributed by atoms with Gasteiger partial charge in [0.2, 0.25) is 0 Å². The van der Waals surface area contributed by atoms with Gasteiger partial charge in [-0.15, -0.1) is 0 Å². The third kappa shape index (κ3) is 5.32. The van der Waals surface area contributed by atoms with E-state index in [1.807, 2.05) is 51.1 Å². The highest BCUT2D eigenvalue weighted by molar-refractivity contribution is 5.68. The highest BCUT2D eigenvalue weighted by Crippen LogP contribution is 2.31. The minimum atomic E-state index is -1.57. The van der Waals surface area contributed by atoms with Crippen LogP contribution in [0.2, 0.25) is 0 Å². The zero-order chi connectivity index (χ0) is 17.7. The lowest BCUT2D eigenvalue weighted by molar-refractivity contribution is 0.0109. The van der Waals surface area contributed by atoms with Gasteiger partial charge >= 0.3 is 6.09 Å². The second-order valence-corrected chi connectivity index (χ2v) is 7.19. The highest BCUT2D eigenvalue weighted by atomic mass is 19.3. The summed E-state index contributed by atoms with van der Waals surface area (Å²) in [5.41, 5.74) is 0.632. The summed E-state index contributed by atoms with van der Waals surface area (Å²) in [5, 5.41) is 0. The molecule has 0 atom stereocenters. The maximum Gasteiger partial charge on any atom is 0.410 e. The van der Waals surface area contributed by atoms with Crippen LogP contribution >= 0.6 is 0 Å². The summed E-state index contributed by atoms with van der Waals surface area (Å²) in [5.74, 6) is 0. The van der Waals surface area contributed by atoms with Gasteiger partial charge in [-0.2, -0.15) is 8.78 Å². The van der Waals surface area contributed by atoms with Gasteiger partial charge in [0.1, 0.15) is 5.60 Å². The molecule has 1 aliphatic rings. The Labute approximate surface area is 142 Å². The van der Waals surface area contributed by atoms with Crippen LogP contribution < -0.4 is 0 Å². The Kier molecular flexibility index (Phi) is 5.97. The third-order valence-corrected chi connectivity index (χ3v) is 4.09. The molecule has 1 fully saturated rings. The predicted octanol–water partition coefficient (Wildman–Crippen LogP) is 5.52. The number of halogens is 2. The molecule has 5 heteroatoms. The molecule has 0 radical (unpaired) electrons. The van der Waals surface area contributed by atoms with Crippen LogP contribution in [-0.2, 0) is 11.3 Å². The number of carbonyl (C=O) groups excluding carboxylic acids is 1. The average molecular weight is 337 g/mol. The number of ether oxygens (including phenoxy) is 1. The summed E-state index contributed by atoms with van der Waals surface area (Å²) >= 11 is 0. The van der Waals surface area contributed by atoms with Crippen LogP contribution in [0.4, 0.5) is 13.6 Å². The minimum absolute atomic E-state index is 0.0804. The maximum absolute atomic E-state index is 12.8. The van der Waals surface area contributed by atoms with Crippen LogP contribution in [-0.4, -0.2) is 22.6 Å². The Morgan fingerprint density at radius 1 is 1.17 bits per heavy atom. The van der Waals surface area contributed by atoms with E-state index in [2.05, 4.69) is 0 Å². The van der Waals surface area contributed by atoms with Gasteiger partial charge in [-0.3, -0.25) is 0 Å². The van der Waals surface area contributed by atoms with Gasteiger partial charge in [0.25, 0.3) is 6.08 Å². The van der Waals surface area contributed by atoms with Gasteiger partial charge < -0.3 is 9.64 Å². The van der Waals surface area contributed by atoms with Crippen molar-refractivity contribution in [2.24, 2.45) is 0 Å². The van der Waals surface area contributed by atoms with E-state index in [1.54, 1.807) is 4.90 Å². The molecule has 1 amide bonds. The van der Waals surface area contributed by atoms with Crippen molar-refractivity contribution in [3.8, 4) is 0 Å². The van der Waals surface area contributed by atoms with Crippen LogP contribution in [0.15, 0.2) is 42.0 Å². The van der Waals surface area contributed by atoms with E-state index in [9.17, 15) is 13.6 Å². The van der Waals surface area contributed by atoms with Crippen molar-refractivity contribution < 1.29 is 18.3 Å². The van der Waals surface area contributed by atoms with Crippen molar-refractivity contribution in [3.63, 3.8) is 0 Å². The number of rotatable bonds is 3. The Morgan fingerprint density at radius 2 is 1.75 bits per heavy atom. The van der Waals surface area contributed by atoms with Gasteiger partial charge in [0, 0.05) is 12.6 Å². The lowest BCUT2D eigenvalue weighted by atomic mass is 9.90. The second kappa shape index (κ2) is 7.77. The molecule has 1 aliphatic carbocycles. The zero-order valence-corrected chi connectivity index (χ0v) is 14.5. The average Bonchev–Trinajstić information content (AvgIpc) is 2.52. The lowest BCUT2D eigenvalue weighted by Gasteiger charge is -2.36. The Bertz CT molecular complexity index is 579. The van der Waals surface area contributed by atoms with Gasteiger partial charge in [-0.25, -0.2) is 4.79 Å². The normalized spacial score (nSPS) is 18.2. The van der Waals surface area contributed by atoms with Crippen LogP contribution in [0.25, 0.3) is 0 Å². The van der Waals surface area contributed by atoms with E-state index in [0.29, 0.717) is 32.2 Å². The molecule has 0 heterocycles. The Balaban J connectivity index is 2.14. The largest absolute Gasteiger partial charge is 0.444 e. The van der Waals surface area contributed by atoms with E-state index in [1.165, 1.54) is 0 Å².